The normalized spacial score (nSPS) is 21.1. The first-order chi connectivity index (χ1) is 36.6. The molecule has 3 aromatic heterocycles. The van der Waals surface area contributed by atoms with Crippen LogP contribution in [0.1, 0.15) is 116 Å². The zero-order chi connectivity index (χ0) is 56.6. The SMILES string of the molecule is CCN1/C(=C/C=C/C=C/C2=[N+](CCCCCC(=O)NC34CCC(COc5ncc(-c6ccnc7[nH]ncc67)cc5C)(CC3)CC4)c3ccc(S(=O)(=O)O)cc3C2(C)C)C(C)(C)c2cc(S(=O)(=O)O)ccc21.O=C([O-])C(F)(F)F. The van der Waals surface area contributed by atoms with Crippen molar-refractivity contribution < 1.29 is 63.1 Å². The molecule has 5 aromatic rings. The van der Waals surface area contributed by atoms with E-state index in [4.69, 9.17) is 19.6 Å². The molecule has 4 N–H and O–H groups in total. The monoisotopic (exact) mass is 1120 g/mol. The predicted octanol–water partition coefficient (Wildman–Crippen LogP) is 9.16. The quantitative estimate of drug-likeness (QED) is 0.0293. The van der Waals surface area contributed by atoms with E-state index in [-0.39, 0.29) is 26.7 Å². The number of alkyl halides is 3. The van der Waals surface area contributed by atoms with Gasteiger partial charge in [0.05, 0.1) is 28.0 Å². The molecule has 2 aromatic carbocycles. The molecule has 3 fully saturated rings. The summed E-state index contributed by atoms with van der Waals surface area (Å²) in [5.41, 5.74) is 7.79. The zero-order valence-corrected chi connectivity index (χ0v) is 45.9. The first kappa shape index (κ1) is 57.4. The summed E-state index contributed by atoms with van der Waals surface area (Å²) in [7, 11) is -8.79. The summed E-state index contributed by atoms with van der Waals surface area (Å²) in [5.74, 6) is -2.26. The van der Waals surface area contributed by atoms with E-state index in [2.05, 4.69) is 36.0 Å². The van der Waals surface area contributed by atoms with Gasteiger partial charge in [-0.1, -0.05) is 32.1 Å². The first-order valence-electron chi connectivity index (χ1n) is 25.8. The molecule has 416 valence electrons. The minimum absolute atomic E-state index is 0.0718. The number of amides is 1. The van der Waals surface area contributed by atoms with Crippen LogP contribution >= 0.6 is 0 Å². The number of aromatic nitrogens is 4. The lowest BCUT2D eigenvalue weighted by Gasteiger charge is -2.53. The Balaban J connectivity index is 0.00000107. The van der Waals surface area contributed by atoms with Crippen molar-refractivity contribution in [2.45, 2.75) is 138 Å². The van der Waals surface area contributed by atoms with E-state index < -0.39 is 43.2 Å². The highest BCUT2D eigenvalue weighted by molar-refractivity contribution is 7.86. The topological polar surface area (TPSA) is 248 Å². The van der Waals surface area contributed by atoms with Gasteiger partial charge in [0.1, 0.15) is 12.5 Å². The van der Waals surface area contributed by atoms with Crippen LogP contribution in [0.3, 0.4) is 0 Å². The van der Waals surface area contributed by atoms with E-state index in [1.54, 1.807) is 36.7 Å². The van der Waals surface area contributed by atoms with Crippen LogP contribution in [0, 0.1) is 12.3 Å². The molecule has 0 unspecified atom stereocenters. The van der Waals surface area contributed by atoms with Gasteiger partial charge in [-0.25, -0.2) is 9.97 Å². The van der Waals surface area contributed by atoms with Gasteiger partial charge in [-0.15, -0.1) is 0 Å². The van der Waals surface area contributed by atoms with Gasteiger partial charge in [-0.2, -0.15) is 39.7 Å². The van der Waals surface area contributed by atoms with Gasteiger partial charge < -0.3 is 24.9 Å². The lowest BCUT2D eigenvalue weighted by molar-refractivity contribution is -0.438. The van der Waals surface area contributed by atoms with Crippen LogP contribution in [0.5, 0.6) is 5.88 Å². The molecule has 0 saturated heterocycles. The number of hydrogen-bond acceptors (Lipinski definition) is 12. The molecule has 0 spiro atoms. The lowest BCUT2D eigenvalue weighted by atomic mass is 9.57. The molecule has 0 radical (unpaired) electrons. The van der Waals surface area contributed by atoms with Crippen LogP contribution < -0.4 is 20.1 Å². The summed E-state index contributed by atoms with van der Waals surface area (Å²) < 4.78 is 108. The number of fused-ring (bicyclic) bond motifs is 6. The Morgan fingerprint density at radius 3 is 2.14 bits per heavy atom. The van der Waals surface area contributed by atoms with Crippen LogP contribution in [0.2, 0.25) is 0 Å². The van der Waals surface area contributed by atoms with Gasteiger partial charge in [0, 0.05) is 93.8 Å². The maximum Gasteiger partial charge on any atom is 0.430 e. The van der Waals surface area contributed by atoms with Crippen LogP contribution in [0.25, 0.3) is 22.2 Å². The van der Waals surface area contributed by atoms with Crippen LogP contribution in [0.4, 0.5) is 24.5 Å². The van der Waals surface area contributed by atoms with Gasteiger partial charge in [-0.3, -0.25) is 19.0 Å². The van der Waals surface area contributed by atoms with Crippen molar-refractivity contribution in [2.24, 2.45) is 5.41 Å². The molecule has 2 bridgehead atoms. The number of carboxylic acids is 1. The lowest BCUT2D eigenvalue weighted by Crippen LogP contribution is -2.57. The van der Waals surface area contributed by atoms with E-state index in [0.717, 1.165) is 119 Å². The molecule has 17 nitrogen and oxygen atoms in total. The molecule has 10 rings (SSSR count). The molecule has 5 aliphatic rings. The van der Waals surface area contributed by atoms with Crippen molar-refractivity contribution in [1.29, 1.82) is 0 Å². The number of carbonyl (C=O) groups excluding carboxylic acids is 2. The number of aliphatic carboxylic acids is 1. The van der Waals surface area contributed by atoms with Gasteiger partial charge in [0.25, 0.3) is 20.2 Å². The molecule has 22 heteroatoms. The van der Waals surface area contributed by atoms with Crippen molar-refractivity contribution in [1.82, 2.24) is 25.5 Å². The summed E-state index contributed by atoms with van der Waals surface area (Å²) in [5, 5.41) is 20.3. The van der Waals surface area contributed by atoms with Crippen LogP contribution in [0.15, 0.2) is 113 Å². The number of pyridine rings is 2. The number of ether oxygens (including phenoxy) is 1. The van der Waals surface area contributed by atoms with E-state index in [1.165, 1.54) is 12.1 Å². The maximum atomic E-state index is 13.5. The summed E-state index contributed by atoms with van der Waals surface area (Å²) in [6.07, 6.45) is 18.7. The molecular formula is C56H64F3N7O10S2. The van der Waals surface area contributed by atoms with Gasteiger partial charge in [-0.05, 0) is 139 Å². The number of carbonyl (C=O) groups is 2. The molecule has 3 aliphatic carbocycles. The highest BCUT2D eigenvalue weighted by atomic mass is 32.2. The molecule has 1 amide bonds. The number of aromatic amines is 1. The van der Waals surface area contributed by atoms with Crippen LogP contribution in [-0.2, 0) is 40.7 Å². The number of rotatable bonds is 17. The third-order valence-corrected chi connectivity index (χ3v) is 17.6. The number of anilines is 1. The zero-order valence-electron chi connectivity index (χ0n) is 44.3. The fourth-order valence-corrected chi connectivity index (χ4v) is 12.5. The fourth-order valence-electron chi connectivity index (χ4n) is 11.5. The van der Waals surface area contributed by atoms with Crippen LogP contribution in [-0.4, -0.2) is 99.7 Å². The number of benzene rings is 2. The Hall–Kier alpha value is -6.75. The molecule has 78 heavy (non-hydrogen) atoms. The second kappa shape index (κ2) is 21.8. The fraction of sp³-hybridized carbons (Fsp3) is 0.429. The Morgan fingerprint density at radius 2 is 1.51 bits per heavy atom. The van der Waals surface area contributed by atoms with E-state index >= 15 is 0 Å². The number of nitrogens with one attached hydrogen (secondary N) is 2. The number of carboxylic acid groups (broad SMARTS) is 1. The van der Waals surface area contributed by atoms with E-state index in [0.29, 0.717) is 32.0 Å². The summed E-state index contributed by atoms with van der Waals surface area (Å²) >= 11 is 0. The Labute approximate surface area is 451 Å². The van der Waals surface area contributed by atoms with Crippen molar-refractivity contribution in [2.75, 3.05) is 24.6 Å². The number of aryl methyl sites for hydroxylation is 1. The van der Waals surface area contributed by atoms with Crippen molar-refractivity contribution in [3.8, 4) is 17.0 Å². The Bertz CT molecular complexity index is 3490. The largest absolute Gasteiger partial charge is 0.542 e. The number of unbranched alkanes of at least 4 members (excludes halogenated alkanes) is 2. The third kappa shape index (κ3) is 12.0. The number of hydrogen-bond donors (Lipinski definition) is 4. The second-order valence-electron chi connectivity index (χ2n) is 21.7. The number of H-pyrrole nitrogens is 1. The number of likely N-dealkylation sites (N-methyl/N-ethyl adjacent to an activating group) is 1. The van der Waals surface area contributed by atoms with Crippen molar-refractivity contribution in [3.63, 3.8) is 0 Å². The molecule has 2 aliphatic heterocycles. The highest BCUT2D eigenvalue weighted by Gasteiger charge is 2.50. The molecule has 5 heterocycles. The van der Waals surface area contributed by atoms with E-state index in [9.17, 15) is 43.9 Å². The molecular weight excluding hydrogens is 1050 g/mol. The highest BCUT2D eigenvalue weighted by Crippen LogP contribution is 2.53. The van der Waals surface area contributed by atoms with E-state index in [1.807, 2.05) is 84.2 Å². The smallest absolute Gasteiger partial charge is 0.430 e. The Morgan fingerprint density at radius 1 is 0.859 bits per heavy atom. The third-order valence-electron chi connectivity index (χ3n) is 15.9. The minimum Gasteiger partial charge on any atom is -0.542 e. The average Bonchev–Trinajstić information content (AvgIpc) is 4.15. The van der Waals surface area contributed by atoms with Gasteiger partial charge >= 0.3 is 6.18 Å². The summed E-state index contributed by atoms with van der Waals surface area (Å²) in [6, 6.07) is 13.5. The minimum atomic E-state index is -5.19. The summed E-state index contributed by atoms with van der Waals surface area (Å²) in [4.78, 5) is 33.2. The summed E-state index contributed by atoms with van der Waals surface area (Å²) in [6.45, 7) is 14.1. The van der Waals surface area contributed by atoms with Crippen molar-refractivity contribution >= 4 is 60.2 Å². The first-order valence-corrected chi connectivity index (χ1v) is 28.7. The standard InChI is InChI=1S/C54H63N7O8S2.C2HF3O2/c1-7-60-44-19-17-38(70(63,64)65)31-42(44)51(3,4)46(60)14-10-8-11-15-47-52(5,6)43-32-39(71(66,67)68)18-20-45(43)61(47)29-13-9-12-16-48(62)58-54-25-22-53(23-26-54,24-27-54)35-69-50-36(2)30-37(33-56-50)40-21-28-55-49-41(40)34-57-59-49;3-2(4,5)1(6)7/h8,10-11,14-15,17-21,28,30-34H,7,9,12-13,16,22-27,29,35H2,1-6H3,(H3-,55,57,58,59,62,63,64,65,66,67,68);(H,6,7). The van der Waals surface area contributed by atoms with Gasteiger partial charge in [0.15, 0.2) is 11.4 Å². The number of allylic oxidation sites excluding steroid dienone is 6. The Kier molecular flexibility index (Phi) is 16.1. The average molecular weight is 1120 g/mol. The molecule has 3 saturated carbocycles. The maximum absolute atomic E-state index is 13.5. The number of nitrogens with zero attached hydrogens (tertiary/aromatic N) is 5. The molecule has 0 atom stereocenters. The number of halogens is 3. The van der Waals surface area contributed by atoms with Crippen molar-refractivity contribution in [3.05, 3.63) is 120 Å². The predicted molar refractivity (Wildman–Crippen MR) is 286 cm³/mol. The second-order valence-corrected chi connectivity index (χ2v) is 24.5. The van der Waals surface area contributed by atoms with Gasteiger partial charge in [0.2, 0.25) is 17.5 Å².